The van der Waals surface area contributed by atoms with E-state index in [2.05, 4.69) is 30.9 Å². The average molecular weight is 355 g/mol. The first-order chi connectivity index (χ1) is 11.9. The molecular formula is C14H9N7O3S. The number of nitrogens with two attached hydrogens (primary N) is 1. The third-order valence-electron chi connectivity index (χ3n) is 3.57. The van der Waals surface area contributed by atoms with Crippen molar-refractivity contribution in [2.24, 2.45) is 10.2 Å². The van der Waals surface area contributed by atoms with E-state index in [0.717, 1.165) is 0 Å². The second-order valence-electron chi connectivity index (χ2n) is 5.18. The fraction of sp³-hybridized carbons (Fsp3) is 0. The van der Waals surface area contributed by atoms with E-state index in [1.807, 2.05) is 0 Å². The van der Waals surface area contributed by atoms with Gasteiger partial charge in [0.1, 0.15) is 11.0 Å². The molecule has 0 aliphatic carbocycles. The van der Waals surface area contributed by atoms with E-state index in [1.54, 1.807) is 12.1 Å². The van der Waals surface area contributed by atoms with Gasteiger partial charge < -0.3 is 0 Å². The molecule has 0 radical (unpaired) electrons. The van der Waals surface area contributed by atoms with Crippen LogP contribution in [0.2, 0.25) is 0 Å². The highest BCUT2D eigenvalue weighted by molar-refractivity contribution is 7.89. The lowest BCUT2D eigenvalue weighted by atomic mass is 10.2. The van der Waals surface area contributed by atoms with Crippen molar-refractivity contribution in [3.05, 3.63) is 52.1 Å². The Bertz CT molecular complexity index is 1310. The Hall–Kier alpha value is -3.31. The van der Waals surface area contributed by atoms with Crippen LogP contribution in [0.4, 0.5) is 5.69 Å². The summed E-state index contributed by atoms with van der Waals surface area (Å²) < 4.78 is 22.5. The van der Waals surface area contributed by atoms with Crippen molar-refractivity contribution in [2.75, 3.05) is 5.43 Å². The van der Waals surface area contributed by atoms with Crippen molar-refractivity contribution in [3.63, 3.8) is 0 Å². The number of primary sulfonamides is 1. The van der Waals surface area contributed by atoms with Crippen molar-refractivity contribution in [2.45, 2.75) is 4.90 Å². The molecule has 3 N–H and O–H groups in total. The molecule has 0 aliphatic heterocycles. The minimum Gasteiger partial charge on any atom is -0.278 e. The molecule has 0 fully saturated rings. The molecule has 0 saturated heterocycles. The number of sulfonamides is 1. The van der Waals surface area contributed by atoms with Crippen LogP contribution in [0.3, 0.4) is 0 Å². The van der Waals surface area contributed by atoms with Crippen LogP contribution in [0.25, 0.3) is 21.9 Å². The number of aromatic nitrogens is 4. The van der Waals surface area contributed by atoms with Gasteiger partial charge >= 0.3 is 0 Å². The Balaban J connectivity index is 1.80. The molecule has 0 spiro atoms. The van der Waals surface area contributed by atoms with E-state index in [4.69, 9.17) is 5.14 Å². The molecule has 11 heteroatoms. The summed E-state index contributed by atoms with van der Waals surface area (Å²) in [6, 6.07) is 8.94. The lowest BCUT2D eigenvalue weighted by Crippen LogP contribution is -2.23. The van der Waals surface area contributed by atoms with Gasteiger partial charge in [0, 0.05) is 0 Å². The molecule has 0 bridgehead atoms. The lowest BCUT2D eigenvalue weighted by molar-refractivity contribution is 0.598. The first-order valence-electron chi connectivity index (χ1n) is 6.95. The Kier molecular flexibility index (Phi) is 3.26. The number of hydrogen-bond acceptors (Lipinski definition) is 9. The lowest BCUT2D eigenvalue weighted by Gasteiger charge is -2.01. The smallest absolute Gasteiger partial charge is 0.278 e. The van der Waals surface area contributed by atoms with Crippen LogP contribution in [0.5, 0.6) is 0 Å². The summed E-state index contributed by atoms with van der Waals surface area (Å²) in [5, 5.41) is 21.0. The molecule has 2 heterocycles. The standard InChI is InChI=1S/C14H9N7O3S/c15-25(23,24)8-3-1-7(2-4-8)17-19-13-11-9(16-14(13)22)5-6-10-12(11)20-21-18-10/h1-6,17H,(H2,15,23,24)/b19-13-. The fourth-order valence-corrected chi connectivity index (χ4v) is 2.92. The quantitative estimate of drug-likeness (QED) is 0.461. The van der Waals surface area contributed by atoms with Gasteiger partial charge in [-0.1, -0.05) is 0 Å². The molecule has 124 valence electrons. The second-order valence-corrected chi connectivity index (χ2v) is 6.74. The molecule has 0 saturated carbocycles. The summed E-state index contributed by atoms with van der Waals surface area (Å²) in [4.78, 5) is 16.0. The van der Waals surface area contributed by atoms with Crippen molar-refractivity contribution >= 4 is 37.6 Å². The monoisotopic (exact) mass is 355 g/mol. The molecule has 10 nitrogen and oxygen atoms in total. The van der Waals surface area contributed by atoms with Gasteiger partial charge in [-0.15, -0.1) is 10.2 Å². The summed E-state index contributed by atoms with van der Waals surface area (Å²) >= 11 is 0. The normalized spacial score (nSPS) is 12.9. The maximum Gasteiger partial charge on any atom is 0.298 e. The van der Waals surface area contributed by atoms with Crippen LogP contribution in [0.15, 0.2) is 51.2 Å². The first-order valence-corrected chi connectivity index (χ1v) is 8.50. The summed E-state index contributed by atoms with van der Waals surface area (Å²) in [6.07, 6.45) is 0. The molecule has 25 heavy (non-hydrogen) atoms. The fourth-order valence-electron chi connectivity index (χ4n) is 2.41. The average Bonchev–Trinajstić information content (AvgIpc) is 3.15. The van der Waals surface area contributed by atoms with Gasteiger partial charge in [-0.25, -0.2) is 18.5 Å². The molecule has 0 amide bonds. The minimum atomic E-state index is -3.77. The van der Waals surface area contributed by atoms with Gasteiger partial charge in [0.2, 0.25) is 10.0 Å². The maximum atomic E-state index is 12.1. The van der Waals surface area contributed by atoms with Crippen molar-refractivity contribution in [1.29, 1.82) is 0 Å². The van der Waals surface area contributed by atoms with E-state index in [0.29, 0.717) is 27.6 Å². The Labute approximate surface area is 139 Å². The van der Waals surface area contributed by atoms with Crippen LogP contribution in [0.1, 0.15) is 0 Å². The number of rotatable bonds is 3. The SMILES string of the molecule is NS(=O)(=O)c1ccc(N/N=c2\c(=O)nc3ccc4nnnc4c23)cc1. The molecule has 4 rings (SSSR count). The van der Waals surface area contributed by atoms with Crippen molar-refractivity contribution < 1.29 is 8.42 Å². The zero-order valence-electron chi connectivity index (χ0n) is 12.4. The molecule has 0 aliphatic rings. The van der Waals surface area contributed by atoms with Crippen LogP contribution >= 0.6 is 0 Å². The number of benzene rings is 2. The van der Waals surface area contributed by atoms with Crippen LogP contribution < -0.4 is 21.5 Å². The largest absolute Gasteiger partial charge is 0.298 e. The van der Waals surface area contributed by atoms with Gasteiger partial charge in [-0.2, -0.15) is 5.10 Å². The van der Waals surface area contributed by atoms with Crippen LogP contribution in [-0.2, 0) is 10.0 Å². The first kappa shape index (κ1) is 15.2. The van der Waals surface area contributed by atoms with Gasteiger partial charge in [0.15, 0.2) is 5.36 Å². The van der Waals surface area contributed by atoms with Gasteiger partial charge in [0.05, 0.1) is 21.5 Å². The number of anilines is 1. The predicted octanol–water partition coefficient (Wildman–Crippen LogP) is -0.616. The topological polar surface area (TPSA) is 153 Å². The molecule has 0 atom stereocenters. The third kappa shape index (κ3) is 2.60. The highest BCUT2D eigenvalue weighted by atomic mass is 32.2. The van der Waals surface area contributed by atoms with Crippen molar-refractivity contribution in [1.82, 2.24) is 20.4 Å². The van der Waals surface area contributed by atoms with Gasteiger partial charge in [-0.3, -0.25) is 10.2 Å². The van der Waals surface area contributed by atoms with E-state index in [1.165, 1.54) is 24.3 Å². The van der Waals surface area contributed by atoms with Gasteiger partial charge in [0.25, 0.3) is 5.56 Å². The highest BCUT2D eigenvalue weighted by Crippen LogP contribution is 2.16. The predicted molar refractivity (Wildman–Crippen MR) is 88.3 cm³/mol. The molecule has 2 aromatic heterocycles. The Morgan fingerprint density at radius 3 is 2.44 bits per heavy atom. The summed E-state index contributed by atoms with van der Waals surface area (Å²) in [7, 11) is -3.77. The van der Waals surface area contributed by atoms with E-state index in [9.17, 15) is 13.2 Å². The summed E-state index contributed by atoms with van der Waals surface area (Å²) in [6.45, 7) is 0. The molecule has 4 aromatic rings. The molecular weight excluding hydrogens is 346 g/mol. The summed E-state index contributed by atoms with van der Waals surface area (Å²) in [5.74, 6) is 0. The molecule has 0 unspecified atom stereocenters. The zero-order valence-corrected chi connectivity index (χ0v) is 13.2. The van der Waals surface area contributed by atoms with E-state index in [-0.39, 0.29) is 10.3 Å². The van der Waals surface area contributed by atoms with Crippen molar-refractivity contribution in [3.8, 4) is 0 Å². The van der Waals surface area contributed by atoms with E-state index < -0.39 is 15.6 Å². The van der Waals surface area contributed by atoms with Crippen LogP contribution in [-0.4, -0.2) is 28.8 Å². The third-order valence-corrected chi connectivity index (χ3v) is 4.50. The number of fused-ring (bicyclic) bond motifs is 3. The molecule has 2 aromatic carbocycles. The number of nitrogens with zero attached hydrogens (tertiary/aromatic N) is 5. The highest BCUT2D eigenvalue weighted by Gasteiger charge is 2.13. The zero-order chi connectivity index (χ0) is 17.6. The second kappa shape index (κ2) is 5.36. The summed E-state index contributed by atoms with van der Waals surface area (Å²) in [5.41, 5.74) is 4.08. The maximum absolute atomic E-state index is 12.1. The van der Waals surface area contributed by atoms with Crippen LogP contribution in [0, 0.1) is 0 Å². The Morgan fingerprint density at radius 2 is 1.72 bits per heavy atom. The van der Waals surface area contributed by atoms with E-state index >= 15 is 0 Å². The Morgan fingerprint density at radius 1 is 1.00 bits per heavy atom. The number of nitrogens with one attached hydrogen (secondary N) is 1. The minimum absolute atomic E-state index is 0.0252. The number of hydrogen-bond donors (Lipinski definition) is 2. The van der Waals surface area contributed by atoms with Gasteiger partial charge in [-0.05, 0) is 41.6 Å².